The van der Waals surface area contributed by atoms with Crippen LogP contribution in [0.1, 0.15) is 22.6 Å². The van der Waals surface area contributed by atoms with E-state index >= 15 is 0 Å². The van der Waals surface area contributed by atoms with Crippen LogP contribution in [0, 0.1) is 0 Å². The van der Waals surface area contributed by atoms with Crippen molar-refractivity contribution in [3.8, 4) is 28.8 Å². The normalized spacial score (nSPS) is 14.7. The van der Waals surface area contributed by atoms with Crippen LogP contribution in [0.15, 0.2) is 79.1 Å². The zero-order valence-corrected chi connectivity index (χ0v) is 16.9. The van der Waals surface area contributed by atoms with Gasteiger partial charge in [0.2, 0.25) is 5.88 Å². The van der Waals surface area contributed by atoms with E-state index in [2.05, 4.69) is 22.2 Å². The molecule has 0 saturated carbocycles. The first-order valence-corrected chi connectivity index (χ1v) is 10.1. The summed E-state index contributed by atoms with van der Waals surface area (Å²) in [6, 6.07) is 22.7. The molecule has 6 rings (SSSR count). The van der Waals surface area contributed by atoms with Gasteiger partial charge in [0.05, 0.1) is 10.6 Å². The first-order valence-electron chi connectivity index (χ1n) is 9.75. The molecule has 0 aliphatic carbocycles. The lowest BCUT2D eigenvalue weighted by Crippen LogP contribution is -2.14. The topological polar surface area (TPSA) is 72.5 Å². The van der Waals surface area contributed by atoms with Crippen molar-refractivity contribution in [1.82, 2.24) is 19.6 Å². The number of nitrogens with zero attached hydrogens (tertiary/aromatic N) is 4. The maximum Gasteiger partial charge on any atom is 0.228 e. The highest BCUT2D eigenvalue weighted by Crippen LogP contribution is 2.48. The number of phenols is 1. The zero-order chi connectivity index (χ0) is 20.9. The largest absolute Gasteiger partial charge is 0.508 e. The molecule has 2 aromatic heterocycles. The van der Waals surface area contributed by atoms with Crippen molar-refractivity contribution in [2.24, 2.45) is 0 Å². The van der Waals surface area contributed by atoms with Crippen molar-refractivity contribution in [1.29, 1.82) is 0 Å². The third-order valence-electron chi connectivity index (χ3n) is 5.44. The van der Waals surface area contributed by atoms with Gasteiger partial charge < -0.3 is 9.84 Å². The van der Waals surface area contributed by atoms with Gasteiger partial charge in [-0.05, 0) is 23.8 Å². The maximum atomic E-state index is 9.98. The van der Waals surface area contributed by atoms with Crippen molar-refractivity contribution >= 4 is 17.2 Å². The summed E-state index contributed by atoms with van der Waals surface area (Å²) in [5, 5.41) is 15.2. The van der Waals surface area contributed by atoms with E-state index in [-0.39, 0.29) is 11.7 Å². The smallest absolute Gasteiger partial charge is 0.228 e. The molecule has 3 heterocycles. The molecule has 150 valence electrons. The van der Waals surface area contributed by atoms with Crippen LogP contribution in [0.2, 0.25) is 5.02 Å². The minimum atomic E-state index is -0.181. The summed E-state index contributed by atoms with van der Waals surface area (Å²) in [6.45, 7) is 0. The van der Waals surface area contributed by atoms with E-state index < -0.39 is 0 Å². The molecule has 5 aromatic rings. The van der Waals surface area contributed by atoms with Crippen LogP contribution >= 0.6 is 11.6 Å². The Kier molecular flexibility index (Phi) is 3.94. The van der Waals surface area contributed by atoms with Gasteiger partial charge in [-0.3, -0.25) is 0 Å². The van der Waals surface area contributed by atoms with Gasteiger partial charge in [0, 0.05) is 23.1 Å². The van der Waals surface area contributed by atoms with Crippen molar-refractivity contribution in [3.63, 3.8) is 0 Å². The number of phenolic OH excluding ortho intramolecular Hbond substituents is 1. The second kappa shape index (κ2) is 6.82. The average molecular weight is 427 g/mol. The monoisotopic (exact) mass is 426 g/mol. The molecular weight excluding hydrogens is 412 g/mol. The first-order chi connectivity index (χ1) is 15.2. The van der Waals surface area contributed by atoms with Crippen LogP contribution in [0.25, 0.3) is 17.0 Å². The Morgan fingerprint density at radius 2 is 1.77 bits per heavy atom. The van der Waals surface area contributed by atoms with Crippen molar-refractivity contribution in [2.75, 3.05) is 0 Å². The fourth-order valence-electron chi connectivity index (χ4n) is 4.05. The highest BCUT2D eigenvalue weighted by atomic mass is 35.5. The summed E-state index contributed by atoms with van der Waals surface area (Å²) >= 11 is 6.38. The summed E-state index contributed by atoms with van der Waals surface area (Å²) in [5.74, 6) is 1.49. The quantitative estimate of drug-likeness (QED) is 0.399. The van der Waals surface area contributed by atoms with Crippen molar-refractivity contribution in [2.45, 2.75) is 5.92 Å². The SMILES string of the molecule is Oc1ccc2c(c1)Oc1ncn3nc(-c4ccccc4Cl)nc3c1[C@H]2c1ccccc1. The number of halogens is 1. The highest BCUT2D eigenvalue weighted by molar-refractivity contribution is 6.33. The van der Waals surface area contributed by atoms with Crippen LogP contribution in [0.5, 0.6) is 17.4 Å². The lowest BCUT2D eigenvalue weighted by Gasteiger charge is -2.27. The lowest BCUT2D eigenvalue weighted by molar-refractivity contribution is 0.422. The fourth-order valence-corrected chi connectivity index (χ4v) is 4.27. The highest BCUT2D eigenvalue weighted by Gasteiger charge is 2.33. The molecule has 7 heteroatoms. The van der Waals surface area contributed by atoms with Crippen molar-refractivity contribution < 1.29 is 9.84 Å². The number of aromatic nitrogens is 4. The predicted octanol–water partition coefficient (Wildman–Crippen LogP) is 5.44. The number of ether oxygens (including phenoxy) is 1. The number of aromatic hydroxyl groups is 1. The molecule has 31 heavy (non-hydrogen) atoms. The number of hydrogen-bond acceptors (Lipinski definition) is 5. The molecule has 0 bridgehead atoms. The molecule has 0 saturated heterocycles. The van der Waals surface area contributed by atoms with Gasteiger partial charge in [0.15, 0.2) is 11.5 Å². The average Bonchev–Trinajstić information content (AvgIpc) is 3.22. The van der Waals surface area contributed by atoms with E-state index in [0.717, 1.165) is 22.3 Å². The van der Waals surface area contributed by atoms with Crippen LogP contribution in [0.3, 0.4) is 0 Å². The minimum Gasteiger partial charge on any atom is -0.508 e. The van der Waals surface area contributed by atoms with Gasteiger partial charge in [-0.25, -0.2) is 14.5 Å². The van der Waals surface area contributed by atoms with Gasteiger partial charge >= 0.3 is 0 Å². The van der Waals surface area contributed by atoms with Crippen LogP contribution in [0.4, 0.5) is 0 Å². The second-order valence-electron chi connectivity index (χ2n) is 7.31. The molecule has 1 aliphatic rings. The Balaban J connectivity index is 1.63. The molecule has 0 unspecified atom stereocenters. The Labute approximate surface area is 182 Å². The third kappa shape index (κ3) is 2.84. The fraction of sp³-hybridized carbons (Fsp3) is 0.0417. The molecule has 0 amide bonds. The molecule has 0 radical (unpaired) electrons. The predicted molar refractivity (Wildman–Crippen MR) is 117 cm³/mol. The summed E-state index contributed by atoms with van der Waals surface area (Å²) < 4.78 is 7.73. The molecule has 1 aliphatic heterocycles. The van der Waals surface area contributed by atoms with E-state index in [1.54, 1.807) is 23.0 Å². The molecule has 1 atom stereocenters. The summed E-state index contributed by atoms with van der Waals surface area (Å²) in [6.07, 6.45) is 1.58. The molecular formula is C24H15ClN4O2. The molecule has 3 aromatic carbocycles. The lowest BCUT2D eigenvalue weighted by atomic mass is 9.84. The van der Waals surface area contributed by atoms with E-state index in [1.807, 2.05) is 48.5 Å². The standard InChI is InChI=1S/C24H15ClN4O2/c25-18-9-5-4-8-16(18)22-27-23-21-20(14-6-2-1-3-7-14)17-11-10-15(30)12-19(17)31-24(21)26-13-29(23)28-22/h1-13,20,30H/t20-/m0/s1. The Morgan fingerprint density at radius 3 is 2.61 bits per heavy atom. The zero-order valence-electron chi connectivity index (χ0n) is 16.1. The molecule has 6 nitrogen and oxygen atoms in total. The molecule has 1 N–H and O–H groups in total. The van der Waals surface area contributed by atoms with Gasteiger partial charge in [0.1, 0.15) is 17.8 Å². The van der Waals surface area contributed by atoms with Crippen LogP contribution in [-0.2, 0) is 0 Å². The number of hydrogen-bond donors (Lipinski definition) is 1. The third-order valence-corrected chi connectivity index (χ3v) is 5.77. The second-order valence-corrected chi connectivity index (χ2v) is 7.72. The van der Waals surface area contributed by atoms with Crippen LogP contribution < -0.4 is 4.74 Å². The molecule has 0 spiro atoms. The summed E-state index contributed by atoms with van der Waals surface area (Å²) in [7, 11) is 0. The Bertz CT molecular complexity index is 1450. The Morgan fingerprint density at radius 1 is 0.968 bits per heavy atom. The summed E-state index contributed by atoms with van der Waals surface area (Å²) in [5.41, 5.74) is 4.20. The number of benzene rings is 3. The first kappa shape index (κ1) is 17.9. The Hall–Kier alpha value is -3.90. The van der Waals surface area contributed by atoms with Gasteiger partial charge in [-0.1, -0.05) is 60.1 Å². The number of fused-ring (bicyclic) bond motifs is 4. The van der Waals surface area contributed by atoms with Gasteiger partial charge in [-0.15, -0.1) is 5.10 Å². The van der Waals surface area contributed by atoms with Crippen molar-refractivity contribution in [3.05, 3.63) is 101 Å². The minimum absolute atomic E-state index is 0.138. The van der Waals surface area contributed by atoms with E-state index in [0.29, 0.717) is 28.1 Å². The van der Waals surface area contributed by atoms with E-state index in [9.17, 15) is 5.11 Å². The van der Waals surface area contributed by atoms with Crippen LogP contribution in [-0.4, -0.2) is 24.7 Å². The summed E-state index contributed by atoms with van der Waals surface area (Å²) in [4.78, 5) is 9.33. The molecule has 0 fully saturated rings. The van der Waals surface area contributed by atoms with Gasteiger partial charge in [-0.2, -0.15) is 0 Å². The maximum absolute atomic E-state index is 9.98. The van der Waals surface area contributed by atoms with E-state index in [1.165, 1.54) is 0 Å². The number of rotatable bonds is 2. The van der Waals surface area contributed by atoms with E-state index in [4.69, 9.17) is 21.3 Å². The van der Waals surface area contributed by atoms with Gasteiger partial charge in [0.25, 0.3) is 0 Å².